The quantitative estimate of drug-likeness (QED) is 0.844. The van der Waals surface area contributed by atoms with Crippen LogP contribution in [-0.4, -0.2) is 54.0 Å². The van der Waals surface area contributed by atoms with E-state index in [9.17, 15) is 18.3 Å². The SMILES string of the molecule is CCCC1(C(=O)O)CCCN1C1CCCS(=O)(=O)C1. The second-order valence-corrected chi connectivity index (χ2v) is 8.02. The number of nitrogens with zero attached hydrogens (tertiary/aromatic N) is 1. The molecule has 110 valence electrons. The number of aliphatic carboxylic acids is 1. The standard InChI is InChI=1S/C13H23NO4S/c1-2-6-13(12(15)16)7-4-8-14(13)11-5-3-9-19(17,18)10-11/h11H,2-10H2,1H3,(H,15,16). The van der Waals surface area contributed by atoms with Crippen molar-refractivity contribution in [2.24, 2.45) is 0 Å². The highest BCUT2D eigenvalue weighted by atomic mass is 32.2. The lowest BCUT2D eigenvalue weighted by atomic mass is 9.89. The number of carboxylic acids is 1. The van der Waals surface area contributed by atoms with Crippen molar-refractivity contribution in [1.82, 2.24) is 4.90 Å². The maximum atomic E-state index is 11.8. The van der Waals surface area contributed by atoms with E-state index in [0.717, 1.165) is 19.3 Å². The summed E-state index contributed by atoms with van der Waals surface area (Å²) in [6.07, 6.45) is 4.38. The first-order valence-electron chi connectivity index (χ1n) is 7.12. The van der Waals surface area contributed by atoms with Gasteiger partial charge in [-0.25, -0.2) is 8.42 Å². The Balaban J connectivity index is 2.24. The molecule has 2 unspecified atom stereocenters. The lowest BCUT2D eigenvalue weighted by molar-refractivity contribution is -0.151. The van der Waals surface area contributed by atoms with Crippen LogP contribution >= 0.6 is 0 Å². The maximum Gasteiger partial charge on any atom is 0.324 e. The van der Waals surface area contributed by atoms with Gasteiger partial charge in [0.1, 0.15) is 5.54 Å². The monoisotopic (exact) mass is 289 g/mol. The van der Waals surface area contributed by atoms with E-state index in [2.05, 4.69) is 0 Å². The van der Waals surface area contributed by atoms with E-state index in [1.807, 2.05) is 11.8 Å². The number of carboxylic acid groups (broad SMARTS) is 1. The van der Waals surface area contributed by atoms with Gasteiger partial charge in [0.25, 0.3) is 0 Å². The normalized spacial score (nSPS) is 35.3. The molecule has 0 aromatic rings. The molecule has 0 saturated carbocycles. The zero-order chi connectivity index (χ0) is 14.1. The molecule has 1 N–H and O–H groups in total. The molecule has 2 rings (SSSR count). The van der Waals surface area contributed by atoms with Gasteiger partial charge in [0.15, 0.2) is 9.84 Å². The summed E-state index contributed by atoms with van der Waals surface area (Å²) < 4.78 is 23.6. The zero-order valence-electron chi connectivity index (χ0n) is 11.5. The van der Waals surface area contributed by atoms with Gasteiger partial charge in [0, 0.05) is 6.04 Å². The van der Waals surface area contributed by atoms with Crippen molar-refractivity contribution in [2.75, 3.05) is 18.1 Å². The van der Waals surface area contributed by atoms with Crippen LogP contribution in [0.25, 0.3) is 0 Å². The summed E-state index contributed by atoms with van der Waals surface area (Å²) in [5, 5.41) is 9.63. The largest absolute Gasteiger partial charge is 0.480 e. The lowest BCUT2D eigenvalue weighted by Gasteiger charge is -2.41. The van der Waals surface area contributed by atoms with Crippen LogP contribution in [0.15, 0.2) is 0 Å². The minimum Gasteiger partial charge on any atom is -0.480 e. The predicted octanol–water partition coefficient (Wildman–Crippen LogP) is 1.28. The molecule has 0 radical (unpaired) electrons. The molecule has 2 aliphatic rings. The number of hydrogen-bond acceptors (Lipinski definition) is 4. The molecule has 2 fully saturated rings. The Morgan fingerprint density at radius 1 is 1.42 bits per heavy atom. The zero-order valence-corrected chi connectivity index (χ0v) is 12.3. The Morgan fingerprint density at radius 3 is 2.74 bits per heavy atom. The molecule has 6 heteroatoms. The first kappa shape index (κ1) is 14.8. The minimum absolute atomic E-state index is 0.108. The number of hydrogen-bond donors (Lipinski definition) is 1. The topological polar surface area (TPSA) is 74.7 Å². The molecule has 2 atom stereocenters. The summed E-state index contributed by atoms with van der Waals surface area (Å²) in [5.74, 6) is -0.397. The van der Waals surface area contributed by atoms with Gasteiger partial charge < -0.3 is 5.11 Å². The van der Waals surface area contributed by atoms with Crippen LogP contribution in [0.1, 0.15) is 45.4 Å². The average molecular weight is 289 g/mol. The second-order valence-electron chi connectivity index (χ2n) is 5.79. The highest BCUT2D eigenvalue weighted by Crippen LogP contribution is 2.37. The fourth-order valence-electron chi connectivity index (χ4n) is 3.69. The van der Waals surface area contributed by atoms with Gasteiger partial charge in [-0.15, -0.1) is 0 Å². The van der Waals surface area contributed by atoms with Crippen molar-refractivity contribution in [3.05, 3.63) is 0 Å². The van der Waals surface area contributed by atoms with Gasteiger partial charge >= 0.3 is 5.97 Å². The highest BCUT2D eigenvalue weighted by molar-refractivity contribution is 7.91. The van der Waals surface area contributed by atoms with E-state index in [-0.39, 0.29) is 17.5 Å². The van der Waals surface area contributed by atoms with Crippen LogP contribution in [0.2, 0.25) is 0 Å². The van der Waals surface area contributed by atoms with Crippen molar-refractivity contribution >= 4 is 15.8 Å². The third-order valence-corrected chi connectivity index (χ3v) is 6.28. The molecular formula is C13H23NO4S. The first-order chi connectivity index (χ1) is 8.91. The summed E-state index contributed by atoms with van der Waals surface area (Å²) in [5.41, 5.74) is -0.827. The van der Waals surface area contributed by atoms with Crippen LogP contribution in [0, 0.1) is 0 Å². The maximum absolute atomic E-state index is 11.8. The fraction of sp³-hybridized carbons (Fsp3) is 0.923. The lowest BCUT2D eigenvalue weighted by Crippen LogP contribution is -2.57. The molecule has 2 saturated heterocycles. The number of sulfone groups is 1. The van der Waals surface area contributed by atoms with Crippen LogP contribution < -0.4 is 0 Å². The highest BCUT2D eigenvalue weighted by Gasteiger charge is 2.50. The van der Waals surface area contributed by atoms with Gasteiger partial charge in [-0.05, 0) is 38.6 Å². The summed E-state index contributed by atoms with van der Waals surface area (Å²) in [6, 6.07) is -0.108. The first-order valence-corrected chi connectivity index (χ1v) is 8.94. The molecule has 2 heterocycles. The fourth-order valence-corrected chi connectivity index (χ4v) is 5.40. The minimum atomic E-state index is -2.99. The van der Waals surface area contributed by atoms with Crippen molar-refractivity contribution in [2.45, 2.75) is 57.0 Å². The van der Waals surface area contributed by atoms with Crippen LogP contribution in [0.4, 0.5) is 0 Å². The van der Waals surface area contributed by atoms with E-state index in [1.54, 1.807) is 0 Å². The van der Waals surface area contributed by atoms with Gasteiger partial charge in [-0.1, -0.05) is 13.3 Å². The van der Waals surface area contributed by atoms with Gasteiger partial charge in [-0.2, -0.15) is 0 Å². The van der Waals surface area contributed by atoms with Crippen LogP contribution in [0.3, 0.4) is 0 Å². The Labute approximate surface area is 114 Å². The Morgan fingerprint density at radius 2 is 2.16 bits per heavy atom. The molecule has 5 nitrogen and oxygen atoms in total. The molecule has 0 aromatic heterocycles. The summed E-state index contributed by atoms with van der Waals surface area (Å²) in [6.45, 7) is 2.70. The van der Waals surface area contributed by atoms with Crippen molar-refractivity contribution in [1.29, 1.82) is 0 Å². The third-order valence-electron chi connectivity index (χ3n) is 4.48. The second kappa shape index (κ2) is 5.40. The molecule has 0 aromatic carbocycles. The number of likely N-dealkylation sites (tertiary alicyclic amines) is 1. The molecule has 0 amide bonds. The molecule has 0 bridgehead atoms. The summed E-state index contributed by atoms with van der Waals surface area (Å²) in [7, 11) is -2.99. The summed E-state index contributed by atoms with van der Waals surface area (Å²) >= 11 is 0. The smallest absolute Gasteiger partial charge is 0.324 e. The van der Waals surface area contributed by atoms with E-state index in [0.29, 0.717) is 25.8 Å². The van der Waals surface area contributed by atoms with Gasteiger partial charge in [0.05, 0.1) is 11.5 Å². The third kappa shape index (κ3) is 2.79. The van der Waals surface area contributed by atoms with E-state index in [4.69, 9.17) is 0 Å². The molecule has 0 spiro atoms. The van der Waals surface area contributed by atoms with Crippen LogP contribution in [-0.2, 0) is 14.6 Å². The molecule has 2 aliphatic heterocycles. The Bertz CT molecular complexity index is 448. The molecule has 0 aliphatic carbocycles. The molecular weight excluding hydrogens is 266 g/mol. The number of rotatable bonds is 4. The van der Waals surface area contributed by atoms with Crippen molar-refractivity contribution < 1.29 is 18.3 Å². The van der Waals surface area contributed by atoms with Crippen molar-refractivity contribution in [3.8, 4) is 0 Å². The van der Waals surface area contributed by atoms with Crippen LogP contribution in [0.5, 0.6) is 0 Å². The molecule has 19 heavy (non-hydrogen) atoms. The number of carbonyl (C=O) groups is 1. The van der Waals surface area contributed by atoms with Crippen molar-refractivity contribution in [3.63, 3.8) is 0 Å². The van der Waals surface area contributed by atoms with E-state index >= 15 is 0 Å². The van der Waals surface area contributed by atoms with E-state index < -0.39 is 21.3 Å². The Kier molecular flexibility index (Phi) is 4.20. The van der Waals surface area contributed by atoms with E-state index in [1.165, 1.54) is 0 Å². The summed E-state index contributed by atoms with van der Waals surface area (Å²) in [4.78, 5) is 13.7. The Hall–Kier alpha value is -0.620. The average Bonchev–Trinajstić information content (AvgIpc) is 2.73. The predicted molar refractivity (Wildman–Crippen MR) is 72.9 cm³/mol. The van der Waals surface area contributed by atoms with Gasteiger partial charge in [0.2, 0.25) is 0 Å². The van der Waals surface area contributed by atoms with Gasteiger partial charge in [-0.3, -0.25) is 9.69 Å².